The minimum Gasteiger partial charge on any atom is -0.303 e. The molecule has 0 radical (unpaired) electrons. The summed E-state index contributed by atoms with van der Waals surface area (Å²) in [7, 11) is 0. The van der Waals surface area contributed by atoms with Crippen LogP contribution in [0.15, 0.2) is 0 Å². The van der Waals surface area contributed by atoms with Crippen LogP contribution in [0.3, 0.4) is 0 Å². The van der Waals surface area contributed by atoms with Crippen molar-refractivity contribution in [1.82, 2.24) is 0 Å². The zero-order valence-corrected chi connectivity index (χ0v) is 9.95. The summed E-state index contributed by atoms with van der Waals surface area (Å²) in [5.41, 5.74) is 0. The van der Waals surface area contributed by atoms with Crippen LogP contribution in [0.5, 0.6) is 0 Å². The monoisotopic (exact) mass is 208 g/mol. The molecule has 15 heavy (non-hydrogen) atoms. The van der Waals surface area contributed by atoms with Gasteiger partial charge in [0, 0.05) is 5.92 Å². The highest BCUT2D eigenvalue weighted by Crippen LogP contribution is 2.45. The van der Waals surface area contributed by atoms with E-state index in [0.29, 0.717) is 5.92 Å². The third-order valence-corrected chi connectivity index (χ3v) is 4.65. The number of rotatable bonds is 3. The van der Waals surface area contributed by atoms with Crippen molar-refractivity contribution in [2.75, 3.05) is 0 Å². The van der Waals surface area contributed by atoms with E-state index in [9.17, 15) is 4.79 Å². The van der Waals surface area contributed by atoms with Gasteiger partial charge in [-0.3, -0.25) is 0 Å². The van der Waals surface area contributed by atoms with E-state index in [2.05, 4.69) is 6.92 Å². The Morgan fingerprint density at radius 3 is 2.53 bits per heavy atom. The van der Waals surface area contributed by atoms with Crippen molar-refractivity contribution in [2.24, 2.45) is 23.7 Å². The Morgan fingerprint density at radius 2 is 1.80 bits per heavy atom. The minimum absolute atomic E-state index is 0.397. The molecule has 2 fully saturated rings. The highest BCUT2D eigenvalue weighted by Gasteiger charge is 2.34. The molecule has 0 amide bonds. The summed E-state index contributed by atoms with van der Waals surface area (Å²) in [4.78, 5) is 10.8. The zero-order valence-electron chi connectivity index (χ0n) is 9.95. The fourth-order valence-electron chi connectivity index (χ4n) is 3.82. The van der Waals surface area contributed by atoms with Crippen LogP contribution in [0, 0.1) is 23.7 Å². The largest absolute Gasteiger partial charge is 0.303 e. The van der Waals surface area contributed by atoms with Crippen molar-refractivity contribution in [3.63, 3.8) is 0 Å². The molecule has 0 heterocycles. The third kappa shape index (κ3) is 2.62. The van der Waals surface area contributed by atoms with Gasteiger partial charge in [-0.2, -0.15) is 0 Å². The summed E-state index contributed by atoms with van der Waals surface area (Å²) in [6.45, 7) is 2.30. The predicted molar refractivity (Wildman–Crippen MR) is 62.6 cm³/mol. The molecule has 2 saturated carbocycles. The van der Waals surface area contributed by atoms with Gasteiger partial charge in [-0.25, -0.2) is 0 Å². The van der Waals surface area contributed by atoms with Crippen molar-refractivity contribution < 1.29 is 4.79 Å². The highest BCUT2D eigenvalue weighted by atomic mass is 16.1. The molecule has 1 nitrogen and oxygen atoms in total. The average Bonchev–Trinajstić information content (AvgIpc) is 2.29. The molecule has 1 heteroatoms. The second kappa shape index (κ2) is 5.14. The maximum atomic E-state index is 10.8. The van der Waals surface area contributed by atoms with Gasteiger partial charge in [0.2, 0.25) is 0 Å². The van der Waals surface area contributed by atoms with Crippen LogP contribution in [0.1, 0.15) is 58.3 Å². The first-order chi connectivity index (χ1) is 7.33. The lowest BCUT2D eigenvalue weighted by molar-refractivity contribution is -0.113. The normalized spacial score (nSPS) is 40.9. The van der Waals surface area contributed by atoms with Gasteiger partial charge in [0.1, 0.15) is 6.29 Å². The molecule has 0 saturated heterocycles. The van der Waals surface area contributed by atoms with E-state index in [1.54, 1.807) is 0 Å². The van der Waals surface area contributed by atoms with Gasteiger partial charge in [-0.1, -0.05) is 26.2 Å². The molecule has 0 aromatic carbocycles. The van der Waals surface area contributed by atoms with Gasteiger partial charge in [-0.05, 0) is 49.9 Å². The summed E-state index contributed by atoms with van der Waals surface area (Å²) in [6.07, 6.45) is 12.0. The summed E-state index contributed by atoms with van der Waals surface area (Å²) in [5, 5.41) is 0. The number of carbonyl (C=O) groups excluding carboxylic acids is 1. The minimum atomic E-state index is 0.397. The van der Waals surface area contributed by atoms with E-state index in [1.807, 2.05) is 0 Å². The Labute approximate surface area is 93.6 Å². The quantitative estimate of drug-likeness (QED) is 0.644. The van der Waals surface area contributed by atoms with Crippen LogP contribution >= 0.6 is 0 Å². The second-order valence-corrected chi connectivity index (χ2v) is 5.70. The average molecular weight is 208 g/mol. The molecule has 0 bridgehead atoms. The Balaban J connectivity index is 1.86. The smallest absolute Gasteiger partial charge is 0.123 e. The molecule has 2 aliphatic carbocycles. The van der Waals surface area contributed by atoms with Crippen molar-refractivity contribution in [1.29, 1.82) is 0 Å². The highest BCUT2D eigenvalue weighted by molar-refractivity contribution is 5.53. The van der Waals surface area contributed by atoms with E-state index in [0.717, 1.165) is 17.8 Å². The van der Waals surface area contributed by atoms with Crippen LogP contribution in [0.25, 0.3) is 0 Å². The molecule has 0 N–H and O–H groups in total. The summed E-state index contributed by atoms with van der Waals surface area (Å²) in [5.74, 6) is 3.26. The van der Waals surface area contributed by atoms with Crippen molar-refractivity contribution in [2.45, 2.75) is 58.3 Å². The maximum Gasteiger partial charge on any atom is 0.123 e. The van der Waals surface area contributed by atoms with E-state index in [-0.39, 0.29) is 0 Å². The SMILES string of the molecule is CCCC1CCC2C[C@H](C=O)CC[C@@H]2C1. The number of hydrogen-bond donors (Lipinski definition) is 0. The molecule has 0 aromatic rings. The van der Waals surface area contributed by atoms with E-state index in [1.165, 1.54) is 57.7 Å². The summed E-state index contributed by atoms with van der Waals surface area (Å²) in [6, 6.07) is 0. The first-order valence-corrected chi connectivity index (χ1v) is 6.78. The van der Waals surface area contributed by atoms with Crippen molar-refractivity contribution in [3.05, 3.63) is 0 Å². The van der Waals surface area contributed by atoms with Crippen LogP contribution in [-0.2, 0) is 4.79 Å². The first-order valence-electron chi connectivity index (χ1n) is 6.78. The molecule has 4 atom stereocenters. The Kier molecular flexibility index (Phi) is 3.82. The van der Waals surface area contributed by atoms with E-state index < -0.39 is 0 Å². The summed E-state index contributed by atoms with van der Waals surface area (Å²) >= 11 is 0. The van der Waals surface area contributed by atoms with Crippen molar-refractivity contribution in [3.8, 4) is 0 Å². The predicted octanol–water partition coefficient (Wildman–Crippen LogP) is 3.82. The molecular weight excluding hydrogens is 184 g/mol. The van der Waals surface area contributed by atoms with Gasteiger partial charge < -0.3 is 4.79 Å². The van der Waals surface area contributed by atoms with Gasteiger partial charge >= 0.3 is 0 Å². The van der Waals surface area contributed by atoms with Crippen LogP contribution < -0.4 is 0 Å². The van der Waals surface area contributed by atoms with Gasteiger partial charge in [0.25, 0.3) is 0 Å². The zero-order chi connectivity index (χ0) is 10.7. The first kappa shape index (κ1) is 11.2. The maximum absolute atomic E-state index is 10.8. The molecule has 86 valence electrons. The molecule has 2 unspecified atom stereocenters. The second-order valence-electron chi connectivity index (χ2n) is 5.70. The topological polar surface area (TPSA) is 17.1 Å². The molecule has 0 aliphatic heterocycles. The fourth-order valence-corrected chi connectivity index (χ4v) is 3.82. The van der Waals surface area contributed by atoms with Gasteiger partial charge in [-0.15, -0.1) is 0 Å². The van der Waals surface area contributed by atoms with Crippen LogP contribution in [-0.4, -0.2) is 6.29 Å². The molecule has 2 rings (SSSR count). The lowest BCUT2D eigenvalue weighted by Gasteiger charge is -2.41. The van der Waals surface area contributed by atoms with Crippen LogP contribution in [0.2, 0.25) is 0 Å². The standard InChI is InChI=1S/C14H24O/c1-2-3-11-4-6-14-9-12(10-15)5-7-13(14)8-11/h10-14H,2-9H2,1H3/t11?,12-,13-,14?/m1/s1. The lowest BCUT2D eigenvalue weighted by atomic mass is 9.64. The number of aldehydes is 1. The number of carbonyl (C=O) groups is 1. The fraction of sp³-hybridized carbons (Fsp3) is 0.929. The Hall–Kier alpha value is -0.330. The summed E-state index contributed by atoms with van der Waals surface area (Å²) < 4.78 is 0. The Morgan fingerprint density at radius 1 is 1.07 bits per heavy atom. The van der Waals surface area contributed by atoms with Gasteiger partial charge in [0.05, 0.1) is 0 Å². The molecular formula is C14H24O. The van der Waals surface area contributed by atoms with Crippen LogP contribution in [0.4, 0.5) is 0 Å². The molecule has 0 spiro atoms. The lowest BCUT2D eigenvalue weighted by Crippen LogP contribution is -2.31. The van der Waals surface area contributed by atoms with Crippen molar-refractivity contribution >= 4 is 6.29 Å². The third-order valence-electron chi connectivity index (χ3n) is 4.65. The van der Waals surface area contributed by atoms with E-state index >= 15 is 0 Å². The number of hydrogen-bond acceptors (Lipinski definition) is 1. The Bertz CT molecular complexity index is 211. The van der Waals surface area contributed by atoms with E-state index in [4.69, 9.17) is 0 Å². The van der Waals surface area contributed by atoms with Gasteiger partial charge in [0.15, 0.2) is 0 Å². The molecule has 2 aliphatic rings. The number of fused-ring (bicyclic) bond motifs is 1. The molecule has 0 aromatic heterocycles.